The highest BCUT2D eigenvalue weighted by atomic mass is 35.5. The number of amides is 1. The summed E-state index contributed by atoms with van der Waals surface area (Å²) in [7, 11) is 1.63. The molecule has 1 heterocycles. The molecule has 0 bridgehead atoms. The van der Waals surface area contributed by atoms with E-state index in [0.29, 0.717) is 24.0 Å². The molecule has 0 aliphatic carbocycles. The highest BCUT2D eigenvalue weighted by Crippen LogP contribution is 2.22. The maximum absolute atomic E-state index is 11.9. The third-order valence-corrected chi connectivity index (χ3v) is 3.03. The first kappa shape index (κ1) is 13.8. The van der Waals surface area contributed by atoms with Crippen LogP contribution in [0.1, 0.15) is 16.9 Å². The fourth-order valence-corrected chi connectivity index (χ4v) is 2.04. The van der Waals surface area contributed by atoms with E-state index in [9.17, 15) is 4.79 Å². The molecule has 0 unspecified atom stereocenters. The van der Waals surface area contributed by atoms with Crippen LogP contribution >= 0.6 is 11.6 Å². The van der Waals surface area contributed by atoms with Crippen LogP contribution < -0.4 is 5.32 Å². The number of rotatable bonds is 5. The molecule has 0 saturated heterocycles. The number of aromatic nitrogens is 1. The molecule has 5 heteroatoms. The number of hydrogen-bond donors (Lipinski definition) is 1. The molecule has 19 heavy (non-hydrogen) atoms. The summed E-state index contributed by atoms with van der Waals surface area (Å²) in [4.78, 5) is 16.1. The zero-order valence-electron chi connectivity index (χ0n) is 10.6. The summed E-state index contributed by atoms with van der Waals surface area (Å²) in [6.07, 6.45) is 0.767. The molecule has 0 radical (unpaired) electrons. The van der Waals surface area contributed by atoms with Crippen LogP contribution in [0.4, 0.5) is 0 Å². The van der Waals surface area contributed by atoms with E-state index in [2.05, 4.69) is 10.3 Å². The smallest absolute Gasteiger partial charge is 0.269 e. The summed E-state index contributed by atoms with van der Waals surface area (Å²) in [5, 5.41) is 4.89. The quantitative estimate of drug-likeness (QED) is 0.676. The molecule has 1 N–H and O–H groups in total. The van der Waals surface area contributed by atoms with Crippen molar-refractivity contribution in [1.29, 1.82) is 0 Å². The van der Waals surface area contributed by atoms with Crippen molar-refractivity contribution in [3.05, 3.63) is 41.2 Å². The third-order valence-electron chi connectivity index (χ3n) is 2.74. The molecular formula is C14H15ClN2O2. The summed E-state index contributed by atoms with van der Waals surface area (Å²) in [5.41, 5.74) is 0.334. The first-order valence-corrected chi connectivity index (χ1v) is 6.42. The summed E-state index contributed by atoms with van der Waals surface area (Å²) in [6, 6.07) is 9.32. The lowest BCUT2D eigenvalue weighted by Gasteiger charge is -2.06. The van der Waals surface area contributed by atoms with Gasteiger partial charge in [0.1, 0.15) is 10.8 Å². The Morgan fingerprint density at radius 1 is 1.42 bits per heavy atom. The van der Waals surface area contributed by atoms with Crippen molar-refractivity contribution in [2.45, 2.75) is 6.42 Å². The fourth-order valence-electron chi connectivity index (χ4n) is 1.78. The Bertz CT molecular complexity index is 587. The second-order valence-corrected chi connectivity index (χ2v) is 4.48. The van der Waals surface area contributed by atoms with Crippen LogP contribution in [0.3, 0.4) is 0 Å². The Hall–Kier alpha value is -1.65. The number of carbonyl (C=O) groups excluding carboxylic acids is 1. The van der Waals surface area contributed by atoms with E-state index < -0.39 is 0 Å². The Balaban J connectivity index is 2.14. The monoisotopic (exact) mass is 278 g/mol. The van der Waals surface area contributed by atoms with Crippen LogP contribution in [0.15, 0.2) is 30.3 Å². The number of ether oxygens (including phenoxy) is 1. The predicted molar refractivity (Wildman–Crippen MR) is 75.6 cm³/mol. The van der Waals surface area contributed by atoms with Crippen LogP contribution in [-0.2, 0) is 4.74 Å². The molecule has 4 nitrogen and oxygen atoms in total. The summed E-state index contributed by atoms with van der Waals surface area (Å²) < 4.78 is 4.92. The van der Waals surface area contributed by atoms with E-state index in [-0.39, 0.29) is 5.91 Å². The summed E-state index contributed by atoms with van der Waals surface area (Å²) in [5.74, 6) is -0.219. The first-order chi connectivity index (χ1) is 9.22. The molecule has 0 fully saturated rings. The number of pyridine rings is 1. The van der Waals surface area contributed by atoms with Gasteiger partial charge in [-0.25, -0.2) is 4.98 Å². The average Bonchev–Trinajstić information content (AvgIpc) is 2.43. The second kappa shape index (κ2) is 6.50. The van der Waals surface area contributed by atoms with Crippen molar-refractivity contribution in [2.75, 3.05) is 20.3 Å². The third kappa shape index (κ3) is 3.43. The van der Waals surface area contributed by atoms with Crippen molar-refractivity contribution in [3.8, 4) is 0 Å². The molecule has 100 valence electrons. The van der Waals surface area contributed by atoms with Gasteiger partial charge in [0.25, 0.3) is 5.91 Å². The molecule has 0 aliphatic rings. The first-order valence-electron chi connectivity index (χ1n) is 6.05. The summed E-state index contributed by atoms with van der Waals surface area (Å²) in [6.45, 7) is 1.17. The van der Waals surface area contributed by atoms with E-state index >= 15 is 0 Å². The number of fused-ring (bicyclic) bond motifs is 1. The van der Waals surface area contributed by atoms with Crippen LogP contribution in [0, 0.1) is 0 Å². The van der Waals surface area contributed by atoms with Crippen molar-refractivity contribution < 1.29 is 9.53 Å². The second-order valence-electron chi connectivity index (χ2n) is 4.12. The van der Waals surface area contributed by atoms with E-state index in [1.54, 1.807) is 13.2 Å². The average molecular weight is 279 g/mol. The SMILES string of the molecule is COCCCNC(=O)c1cc2ccccc2c(Cl)n1. The Morgan fingerprint density at radius 2 is 2.21 bits per heavy atom. The van der Waals surface area contributed by atoms with Gasteiger partial charge in [0.05, 0.1) is 0 Å². The molecule has 0 saturated carbocycles. The van der Waals surface area contributed by atoms with Gasteiger partial charge in [0, 0.05) is 25.6 Å². The zero-order chi connectivity index (χ0) is 13.7. The number of halogens is 1. The van der Waals surface area contributed by atoms with Crippen molar-refractivity contribution in [2.24, 2.45) is 0 Å². The zero-order valence-corrected chi connectivity index (χ0v) is 11.4. The topological polar surface area (TPSA) is 51.2 Å². The van der Waals surface area contributed by atoms with E-state index in [1.165, 1.54) is 0 Å². The van der Waals surface area contributed by atoms with Crippen molar-refractivity contribution in [3.63, 3.8) is 0 Å². The van der Waals surface area contributed by atoms with Crippen LogP contribution in [-0.4, -0.2) is 31.2 Å². The molecule has 0 atom stereocenters. The highest BCUT2D eigenvalue weighted by Gasteiger charge is 2.10. The number of carbonyl (C=O) groups is 1. The van der Waals surface area contributed by atoms with Gasteiger partial charge in [-0.2, -0.15) is 0 Å². The van der Waals surface area contributed by atoms with Crippen LogP contribution in [0.2, 0.25) is 5.15 Å². The minimum Gasteiger partial charge on any atom is -0.385 e. The van der Waals surface area contributed by atoms with Crippen molar-refractivity contribution in [1.82, 2.24) is 10.3 Å². The summed E-state index contributed by atoms with van der Waals surface area (Å²) >= 11 is 6.08. The van der Waals surface area contributed by atoms with Crippen molar-refractivity contribution >= 4 is 28.3 Å². The standard InChI is InChI=1S/C14H15ClN2O2/c1-19-8-4-7-16-14(18)12-9-10-5-2-3-6-11(10)13(15)17-12/h2-3,5-6,9H,4,7-8H2,1H3,(H,16,18). The van der Waals surface area contributed by atoms with Gasteiger partial charge < -0.3 is 10.1 Å². The van der Waals surface area contributed by atoms with Gasteiger partial charge in [-0.15, -0.1) is 0 Å². The predicted octanol–water partition coefficient (Wildman–Crippen LogP) is 2.65. The number of methoxy groups -OCH3 is 1. The van der Waals surface area contributed by atoms with Gasteiger partial charge in [-0.3, -0.25) is 4.79 Å². The minimum absolute atomic E-state index is 0.219. The number of hydrogen-bond acceptors (Lipinski definition) is 3. The van der Waals surface area contributed by atoms with Gasteiger partial charge in [-0.1, -0.05) is 35.9 Å². The molecule has 2 rings (SSSR count). The van der Waals surface area contributed by atoms with E-state index in [0.717, 1.165) is 17.2 Å². The largest absolute Gasteiger partial charge is 0.385 e. The van der Waals surface area contributed by atoms with Gasteiger partial charge in [0.15, 0.2) is 0 Å². The van der Waals surface area contributed by atoms with Crippen LogP contribution in [0.5, 0.6) is 0 Å². The lowest BCUT2D eigenvalue weighted by molar-refractivity contribution is 0.0944. The van der Waals surface area contributed by atoms with Gasteiger partial charge in [0.2, 0.25) is 0 Å². The number of benzene rings is 1. The minimum atomic E-state index is -0.219. The Morgan fingerprint density at radius 3 is 3.00 bits per heavy atom. The number of nitrogens with zero attached hydrogens (tertiary/aromatic N) is 1. The van der Waals surface area contributed by atoms with E-state index in [1.807, 2.05) is 24.3 Å². The van der Waals surface area contributed by atoms with Gasteiger partial charge >= 0.3 is 0 Å². The maximum atomic E-state index is 11.9. The number of nitrogens with one attached hydrogen (secondary N) is 1. The molecule has 2 aromatic rings. The van der Waals surface area contributed by atoms with Gasteiger partial charge in [-0.05, 0) is 17.9 Å². The highest BCUT2D eigenvalue weighted by molar-refractivity contribution is 6.34. The normalized spacial score (nSPS) is 10.6. The maximum Gasteiger partial charge on any atom is 0.269 e. The molecule has 1 aromatic heterocycles. The molecule has 0 spiro atoms. The van der Waals surface area contributed by atoms with Crippen LogP contribution in [0.25, 0.3) is 10.8 Å². The van der Waals surface area contributed by atoms with E-state index in [4.69, 9.17) is 16.3 Å². The lowest BCUT2D eigenvalue weighted by Crippen LogP contribution is -2.26. The molecule has 1 aromatic carbocycles. The Labute approximate surface area is 116 Å². The Kier molecular flexibility index (Phi) is 4.71. The molecule has 1 amide bonds. The molecule has 0 aliphatic heterocycles. The molecular weight excluding hydrogens is 264 g/mol. The fraction of sp³-hybridized carbons (Fsp3) is 0.286. The lowest BCUT2D eigenvalue weighted by atomic mass is 10.1.